The van der Waals surface area contributed by atoms with Crippen molar-refractivity contribution >= 4 is 23.0 Å². The highest BCUT2D eigenvalue weighted by Crippen LogP contribution is 2.43. The Balaban J connectivity index is 1.67. The van der Waals surface area contributed by atoms with Gasteiger partial charge in [0.1, 0.15) is 5.82 Å². The van der Waals surface area contributed by atoms with Crippen molar-refractivity contribution in [2.24, 2.45) is 0 Å². The molecule has 32 heavy (non-hydrogen) atoms. The van der Waals surface area contributed by atoms with E-state index in [4.69, 9.17) is 12.2 Å². The summed E-state index contributed by atoms with van der Waals surface area (Å²) in [6.07, 6.45) is 1.81. The lowest BCUT2D eigenvalue weighted by atomic mass is 9.96. The molecule has 1 fully saturated rings. The molecule has 0 aliphatic carbocycles. The van der Waals surface area contributed by atoms with Crippen LogP contribution in [0.2, 0.25) is 0 Å². The van der Waals surface area contributed by atoms with Crippen LogP contribution in [0, 0.1) is 19.7 Å². The lowest BCUT2D eigenvalue weighted by Gasteiger charge is -2.28. The van der Waals surface area contributed by atoms with E-state index in [1.807, 2.05) is 54.7 Å². The maximum absolute atomic E-state index is 13.5. The Morgan fingerprint density at radius 1 is 0.906 bits per heavy atom. The molecule has 160 valence electrons. The van der Waals surface area contributed by atoms with E-state index >= 15 is 0 Å². The molecule has 4 aromatic rings. The minimum atomic E-state index is -0.243. The van der Waals surface area contributed by atoms with E-state index in [2.05, 4.69) is 51.8 Å². The Kier molecular flexibility index (Phi) is 5.23. The number of para-hydroxylation sites is 1. The van der Waals surface area contributed by atoms with Crippen LogP contribution in [0.4, 0.5) is 10.1 Å². The molecular formula is C26H23FN4S. The van der Waals surface area contributed by atoms with Gasteiger partial charge in [-0.1, -0.05) is 24.3 Å². The summed E-state index contributed by atoms with van der Waals surface area (Å²) in [6, 6.07) is 24.7. The molecule has 0 spiro atoms. The molecule has 0 saturated carbocycles. The normalized spacial score (nSPS) is 18.1. The second-order valence-corrected chi connectivity index (χ2v) is 8.36. The Morgan fingerprint density at radius 2 is 1.62 bits per heavy atom. The molecule has 2 atom stereocenters. The number of hydrogen-bond donors (Lipinski definition) is 1. The maximum atomic E-state index is 13.5. The third kappa shape index (κ3) is 3.46. The van der Waals surface area contributed by atoms with Crippen molar-refractivity contribution in [1.82, 2.24) is 14.9 Å². The van der Waals surface area contributed by atoms with Crippen LogP contribution in [0.5, 0.6) is 0 Å². The highest BCUT2D eigenvalue weighted by molar-refractivity contribution is 7.80. The van der Waals surface area contributed by atoms with Gasteiger partial charge in [-0.3, -0.25) is 4.98 Å². The third-order valence-corrected chi connectivity index (χ3v) is 6.32. The molecule has 1 aliphatic heterocycles. The van der Waals surface area contributed by atoms with Gasteiger partial charge in [-0.15, -0.1) is 0 Å². The highest BCUT2D eigenvalue weighted by Gasteiger charge is 2.42. The zero-order valence-corrected chi connectivity index (χ0v) is 18.7. The predicted molar refractivity (Wildman–Crippen MR) is 130 cm³/mol. The molecule has 2 aromatic carbocycles. The van der Waals surface area contributed by atoms with Gasteiger partial charge in [-0.25, -0.2) is 4.39 Å². The second kappa shape index (κ2) is 8.20. The van der Waals surface area contributed by atoms with Crippen LogP contribution in [0.1, 0.15) is 34.7 Å². The number of anilines is 1. The Bertz CT molecular complexity index is 1250. The smallest absolute Gasteiger partial charge is 0.174 e. The van der Waals surface area contributed by atoms with Gasteiger partial charge in [0, 0.05) is 29.0 Å². The Hall–Kier alpha value is -3.51. The summed E-state index contributed by atoms with van der Waals surface area (Å²) < 4.78 is 15.7. The van der Waals surface area contributed by atoms with Gasteiger partial charge >= 0.3 is 0 Å². The van der Waals surface area contributed by atoms with Gasteiger partial charge in [0.15, 0.2) is 5.11 Å². The Morgan fingerprint density at radius 3 is 2.31 bits per heavy atom. The first-order chi connectivity index (χ1) is 15.5. The summed E-state index contributed by atoms with van der Waals surface area (Å²) in [7, 11) is 0. The van der Waals surface area contributed by atoms with Crippen LogP contribution in [0.25, 0.3) is 5.69 Å². The van der Waals surface area contributed by atoms with Gasteiger partial charge in [-0.05, 0) is 86.2 Å². The van der Waals surface area contributed by atoms with E-state index in [9.17, 15) is 4.39 Å². The lowest BCUT2D eigenvalue weighted by Crippen LogP contribution is -2.29. The first kappa shape index (κ1) is 20.4. The van der Waals surface area contributed by atoms with Crippen molar-refractivity contribution in [3.63, 3.8) is 0 Å². The quantitative estimate of drug-likeness (QED) is 0.405. The van der Waals surface area contributed by atoms with E-state index in [0.717, 1.165) is 34.0 Å². The van der Waals surface area contributed by atoms with E-state index in [1.165, 1.54) is 12.1 Å². The van der Waals surface area contributed by atoms with Gasteiger partial charge < -0.3 is 14.8 Å². The topological polar surface area (TPSA) is 33.1 Å². The van der Waals surface area contributed by atoms with E-state index in [-0.39, 0.29) is 17.9 Å². The summed E-state index contributed by atoms with van der Waals surface area (Å²) >= 11 is 5.81. The number of nitrogens with zero attached hydrogens (tertiary/aromatic N) is 3. The molecule has 5 rings (SSSR count). The average molecular weight is 443 g/mol. The maximum Gasteiger partial charge on any atom is 0.174 e. The molecular weight excluding hydrogens is 419 g/mol. The number of aromatic nitrogens is 2. The fraction of sp³-hybridized carbons (Fsp3) is 0.154. The monoisotopic (exact) mass is 442 g/mol. The van der Waals surface area contributed by atoms with Crippen LogP contribution in [-0.2, 0) is 0 Å². The molecule has 4 nitrogen and oxygen atoms in total. The second-order valence-electron chi connectivity index (χ2n) is 7.97. The molecule has 1 saturated heterocycles. The lowest BCUT2D eigenvalue weighted by molar-refractivity contribution is 0.565. The van der Waals surface area contributed by atoms with Gasteiger partial charge in [0.2, 0.25) is 0 Å². The first-order valence-corrected chi connectivity index (χ1v) is 11.0. The molecule has 2 aromatic heterocycles. The van der Waals surface area contributed by atoms with E-state index < -0.39 is 0 Å². The third-order valence-electron chi connectivity index (χ3n) is 6.01. The Labute approximate surface area is 192 Å². The number of hydrogen-bond acceptors (Lipinski definition) is 2. The average Bonchev–Trinajstić information content (AvgIpc) is 3.31. The van der Waals surface area contributed by atoms with Gasteiger partial charge in [0.05, 0.1) is 17.8 Å². The summed E-state index contributed by atoms with van der Waals surface area (Å²) in [4.78, 5) is 6.80. The number of rotatable bonds is 4. The van der Waals surface area contributed by atoms with Crippen molar-refractivity contribution in [2.45, 2.75) is 25.9 Å². The number of benzene rings is 2. The molecule has 0 amide bonds. The van der Waals surface area contributed by atoms with Crippen molar-refractivity contribution < 1.29 is 4.39 Å². The summed E-state index contributed by atoms with van der Waals surface area (Å²) in [5.74, 6) is -0.243. The van der Waals surface area contributed by atoms with Crippen LogP contribution in [0.3, 0.4) is 0 Å². The largest absolute Gasteiger partial charge is 0.351 e. The molecule has 6 heteroatoms. The van der Waals surface area contributed by atoms with Crippen LogP contribution in [0.15, 0.2) is 85.1 Å². The molecule has 1 N–H and O–H groups in total. The highest BCUT2D eigenvalue weighted by atomic mass is 32.1. The van der Waals surface area contributed by atoms with Crippen molar-refractivity contribution in [1.29, 1.82) is 0 Å². The SMILES string of the molecule is Cc1cc([C@H]2[C@@H](c3ccccn3)NC(=S)N2c2ccccc2)c(C)n1-c1ccc(F)cc1. The van der Waals surface area contributed by atoms with E-state index in [1.54, 1.807) is 0 Å². The number of thiocarbonyl (C=S) groups is 1. The molecule has 1 aliphatic rings. The fourth-order valence-corrected chi connectivity index (χ4v) is 4.96. The molecule has 3 heterocycles. The van der Waals surface area contributed by atoms with Gasteiger partial charge in [0.25, 0.3) is 0 Å². The summed E-state index contributed by atoms with van der Waals surface area (Å²) in [5.41, 5.74) is 6.22. The summed E-state index contributed by atoms with van der Waals surface area (Å²) in [6.45, 7) is 4.18. The number of nitrogens with one attached hydrogen (secondary N) is 1. The zero-order valence-electron chi connectivity index (χ0n) is 17.9. The van der Waals surface area contributed by atoms with Crippen LogP contribution in [-0.4, -0.2) is 14.7 Å². The predicted octanol–water partition coefficient (Wildman–Crippen LogP) is 5.81. The van der Waals surface area contributed by atoms with Crippen molar-refractivity contribution in [3.05, 3.63) is 114 Å². The molecule has 0 unspecified atom stereocenters. The summed E-state index contributed by atoms with van der Waals surface area (Å²) in [5, 5.41) is 4.18. The van der Waals surface area contributed by atoms with Gasteiger partial charge in [-0.2, -0.15) is 0 Å². The van der Waals surface area contributed by atoms with Crippen LogP contribution >= 0.6 is 12.2 Å². The first-order valence-electron chi connectivity index (χ1n) is 10.5. The van der Waals surface area contributed by atoms with Crippen LogP contribution < -0.4 is 10.2 Å². The molecule has 0 radical (unpaired) electrons. The number of aryl methyl sites for hydroxylation is 1. The molecule has 0 bridgehead atoms. The minimum absolute atomic E-state index is 0.0831. The van der Waals surface area contributed by atoms with Crippen molar-refractivity contribution in [2.75, 3.05) is 4.90 Å². The fourth-order valence-electron chi connectivity index (χ4n) is 4.61. The minimum Gasteiger partial charge on any atom is -0.351 e. The van der Waals surface area contributed by atoms with E-state index in [0.29, 0.717) is 5.11 Å². The zero-order chi connectivity index (χ0) is 22.2. The number of pyridine rings is 1. The number of halogens is 1. The van der Waals surface area contributed by atoms with Crippen molar-refractivity contribution in [3.8, 4) is 5.69 Å². The standard InChI is InChI=1S/C26H23FN4S/c1-17-16-22(18(2)30(17)21-13-11-19(27)12-14-21)25-24(23-10-6-7-15-28-23)29-26(32)31(25)20-8-4-3-5-9-20/h3-16,24-25H,1-2H3,(H,29,32)/t24-,25+/m1/s1.